The second-order valence-electron chi connectivity index (χ2n) is 8.07. The van der Waals surface area contributed by atoms with E-state index in [0.29, 0.717) is 32.7 Å². The number of aliphatic hydroxyl groups excluding tert-OH is 1. The molecule has 0 aliphatic carbocycles. The van der Waals surface area contributed by atoms with E-state index in [1.807, 2.05) is 47.4 Å². The molecule has 1 amide bonds. The first-order valence-corrected chi connectivity index (χ1v) is 10.9. The quantitative estimate of drug-likeness (QED) is 0.633. The maximum Gasteiger partial charge on any atom is 0.231 e. The first-order chi connectivity index (χ1) is 15.6. The van der Waals surface area contributed by atoms with Gasteiger partial charge in [0.1, 0.15) is 5.75 Å². The van der Waals surface area contributed by atoms with E-state index in [4.69, 9.17) is 18.9 Å². The zero-order valence-corrected chi connectivity index (χ0v) is 18.4. The Hall–Kier alpha value is -2.81. The van der Waals surface area contributed by atoms with Gasteiger partial charge >= 0.3 is 0 Å². The summed E-state index contributed by atoms with van der Waals surface area (Å²) in [4.78, 5) is 16.7. The summed E-state index contributed by atoms with van der Waals surface area (Å²) in [6.45, 7) is 4.23. The van der Waals surface area contributed by atoms with Crippen molar-refractivity contribution in [2.45, 2.75) is 19.1 Å². The number of carbonyl (C=O) groups excluding carboxylic acids is 1. The molecule has 2 heterocycles. The maximum atomic E-state index is 12.6. The second kappa shape index (κ2) is 10.7. The number of nitrogens with zero attached hydrogens (tertiary/aromatic N) is 2. The molecule has 2 aliphatic rings. The Labute approximate surface area is 188 Å². The average molecular weight is 443 g/mol. The molecule has 1 N–H and O–H groups in total. The molecule has 4 rings (SSSR count). The zero-order valence-electron chi connectivity index (χ0n) is 18.4. The molecule has 1 unspecified atom stereocenters. The van der Waals surface area contributed by atoms with E-state index in [1.165, 1.54) is 0 Å². The topological polar surface area (TPSA) is 80.7 Å². The predicted molar refractivity (Wildman–Crippen MR) is 118 cm³/mol. The minimum Gasteiger partial charge on any atom is -0.497 e. The Bertz CT molecular complexity index is 913. The largest absolute Gasteiger partial charge is 0.497 e. The van der Waals surface area contributed by atoms with Gasteiger partial charge in [-0.25, -0.2) is 0 Å². The molecular weight excluding hydrogens is 412 g/mol. The summed E-state index contributed by atoms with van der Waals surface area (Å²) in [5.41, 5.74) is 1.93. The molecule has 2 aromatic rings. The third kappa shape index (κ3) is 5.91. The minimum atomic E-state index is -0.581. The van der Waals surface area contributed by atoms with Crippen molar-refractivity contribution in [2.24, 2.45) is 0 Å². The number of piperazine rings is 1. The van der Waals surface area contributed by atoms with Crippen LogP contribution >= 0.6 is 0 Å². The van der Waals surface area contributed by atoms with E-state index >= 15 is 0 Å². The summed E-state index contributed by atoms with van der Waals surface area (Å²) < 4.78 is 21.6. The van der Waals surface area contributed by atoms with E-state index in [9.17, 15) is 9.90 Å². The number of β-amino-alcohol motifs (C(OH)–C–C–N with tert-alkyl or cyclic N) is 1. The molecule has 1 fully saturated rings. The molecule has 8 heteroatoms. The van der Waals surface area contributed by atoms with Gasteiger partial charge in [-0.1, -0.05) is 18.2 Å². The standard InChI is InChI=1S/C24H30N2O6/c1-29-21-4-2-3-18(11-21)13-24(28)26-9-7-25(8-10-26)14-20(27)16-30-15-19-5-6-22-23(12-19)32-17-31-22/h2-6,11-12,20,27H,7-10,13-17H2,1H3. The number of hydrogen-bond acceptors (Lipinski definition) is 7. The van der Waals surface area contributed by atoms with Crippen LogP contribution in [0.15, 0.2) is 42.5 Å². The third-order valence-corrected chi connectivity index (χ3v) is 5.70. The van der Waals surface area contributed by atoms with Crippen LogP contribution in [0.3, 0.4) is 0 Å². The fourth-order valence-electron chi connectivity index (χ4n) is 3.94. The van der Waals surface area contributed by atoms with Crippen LogP contribution < -0.4 is 14.2 Å². The van der Waals surface area contributed by atoms with Crippen LogP contribution in [0.1, 0.15) is 11.1 Å². The minimum absolute atomic E-state index is 0.116. The van der Waals surface area contributed by atoms with E-state index in [0.717, 1.165) is 41.5 Å². The highest BCUT2D eigenvalue weighted by molar-refractivity contribution is 5.79. The van der Waals surface area contributed by atoms with Crippen molar-refractivity contribution in [2.75, 3.05) is 53.2 Å². The molecule has 32 heavy (non-hydrogen) atoms. The van der Waals surface area contributed by atoms with Crippen LogP contribution in [-0.2, 0) is 22.6 Å². The molecule has 2 aromatic carbocycles. The Kier molecular flexibility index (Phi) is 7.47. The van der Waals surface area contributed by atoms with Gasteiger partial charge in [0.05, 0.1) is 32.8 Å². The number of ether oxygens (including phenoxy) is 4. The normalized spacial score (nSPS) is 16.8. The van der Waals surface area contributed by atoms with Crippen molar-refractivity contribution in [1.82, 2.24) is 9.80 Å². The van der Waals surface area contributed by atoms with Gasteiger partial charge in [-0.05, 0) is 35.4 Å². The number of hydrogen-bond donors (Lipinski definition) is 1. The summed E-state index contributed by atoms with van der Waals surface area (Å²) >= 11 is 0. The number of benzene rings is 2. The summed E-state index contributed by atoms with van der Waals surface area (Å²) in [6.07, 6.45) is -0.212. The lowest BCUT2D eigenvalue weighted by Crippen LogP contribution is -2.51. The van der Waals surface area contributed by atoms with Gasteiger partial charge in [-0.3, -0.25) is 9.69 Å². The number of methoxy groups -OCH3 is 1. The van der Waals surface area contributed by atoms with Gasteiger partial charge in [-0.2, -0.15) is 0 Å². The fraction of sp³-hybridized carbons (Fsp3) is 0.458. The molecular formula is C24H30N2O6. The molecule has 8 nitrogen and oxygen atoms in total. The summed E-state index contributed by atoms with van der Waals surface area (Å²) in [7, 11) is 1.62. The third-order valence-electron chi connectivity index (χ3n) is 5.70. The van der Waals surface area contributed by atoms with Crippen LogP contribution in [0.2, 0.25) is 0 Å². The number of carbonyl (C=O) groups is 1. The SMILES string of the molecule is COc1cccc(CC(=O)N2CCN(CC(O)COCc3ccc4c(c3)OCO4)CC2)c1. The van der Waals surface area contributed by atoms with E-state index in [-0.39, 0.29) is 19.3 Å². The van der Waals surface area contributed by atoms with Crippen molar-refractivity contribution < 1.29 is 28.8 Å². The van der Waals surface area contributed by atoms with Gasteiger partial charge in [-0.15, -0.1) is 0 Å². The smallest absolute Gasteiger partial charge is 0.231 e. The predicted octanol–water partition coefficient (Wildman–Crippen LogP) is 1.69. The molecule has 0 saturated carbocycles. The van der Waals surface area contributed by atoms with Crippen molar-refractivity contribution in [3.63, 3.8) is 0 Å². The number of aliphatic hydroxyl groups is 1. The monoisotopic (exact) mass is 442 g/mol. The molecule has 0 aromatic heterocycles. The Morgan fingerprint density at radius 1 is 1.06 bits per heavy atom. The average Bonchev–Trinajstić information content (AvgIpc) is 3.27. The fourth-order valence-corrected chi connectivity index (χ4v) is 3.94. The van der Waals surface area contributed by atoms with Gasteiger partial charge in [0.2, 0.25) is 12.7 Å². The van der Waals surface area contributed by atoms with Gasteiger partial charge < -0.3 is 29.0 Å². The van der Waals surface area contributed by atoms with Gasteiger partial charge in [0.25, 0.3) is 0 Å². The van der Waals surface area contributed by atoms with Crippen molar-refractivity contribution >= 4 is 5.91 Å². The first-order valence-electron chi connectivity index (χ1n) is 10.9. The lowest BCUT2D eigenvalue weighted by molar-refractivity contribution is -0.132. The number of rotatable bonds is 9. The van der Waals surface area contributed by atoms with E-state index in [1.54, 1.807) is 7.11 Å². The summed E-state index contributed by atoms with van der Waals surface area (Å²) in [5, 5.41) is 10.3. The maximum absolute atomic E-state index is 12.6. The molecule has 0 bridgehead atoms. The molecule has 1 saturated heterocycles. The van der Waals surface area contributed by atoms with Crippen LogP contribution in [0.25, 0.3) is 0 Å². The molecule has 0 radical (unpaired) electrons. The van der Waals surface area contributed by atoms with Gasteiger partial charge in [0.15, 0.2) is 11.5 Å². The zero-order chi connectivity index (χ0) is 22.3. The summed E-state index contributed by atoms with van der Waals surface area (Å²) in [5.74, 6) is 2.35. The molecule has 0 spiro atoms. The lowest BCUT2D eigenvalue weighted by Gasteiger charge is -2.35. The van der Waals surface area contributed by atoms with Crippen LogP contribution in [0.5, 0.6) is 17.2 Å². The first kappa shape index (κ1) is 22.4. The highest BCUT2D eigenvalue weighted by Crippen LogP contribution is 2.32. The van der Waals surface area contributed by atoms with Crippen LogP contribution in [0, 0.1) is 0 Å². The molecule has 172 valence electrons. The second-order valence-corrected chi connectivity index (χ2v) is 8.07. The van der Waals surface area contributed by atoms with Gasteiger partial charge in [0, 0.05) is 32.7 Å². The highest BCUT2D eigenvalue weighted by atomic mass is 16.7. The van der Waals surface area contributed by atoms with E-state index in [2.05, 4.69) is 4.90 Å². The summed E-state index contributed by atoms with van der Waals surface area (Å²) in [6, 6.07) is 13.3. The van der Waals surface area contributed by atoms with Crippen LogP contribution in [-0.4, -0.2) is 80.2 Å². The highest BCUT2D eigenvalue weighted by Gasteiger charge is 2.23. The van der Waals surface area contributed by atoms with Crippen molar-refractivity contribution in [1.29, 1.82) is 0 Å². The molecule has 2 aliphatic heterocycles. The number of fused-ring (bicyclic) bond motifs is 1. The van der Waals surface area contributed by atoms with Crippen molar-refractivity contribution in [3.8, 4) is 17.2 Å². The Morgan fingerprint density at radius 2 is 1.88 bits per heavy atom. The van der Waals surface area contributed by atoms with Crippen molar-refractivity contribution in [3.05, 3.63) is 53.6 Å². The Morgan fingerprint density at radius 3 is 2.69 bits per heavy atom. The number of amides is 1. The van der Waals surface area contributed by atoms with E-state index < -0.39 is 6.10 Å². The lowest BCUT2D eigenvalue weighted by atomic mass is 10.1. The van der Waals surface area contributed by atoms with Crippen LogP contribution in [0.4, 0.5) is 0 Å². The Balaban J connectivity index is 1.14. The molecule has 1 atom stereocenters.